The normalized spacial score (nSPS) is 12.9. The number of thioether (sulfide) groups is 1. The van der Waals surface area contributed by atoms with Gasteiger partial charge in [-0.15, -0.1) is 11.8 Å². The minimum absolute atomic E-state index is 0.0687. The highest BCUT2D eigenvalue weighted by Crippen LogP contribution is 2.37. The highest BCUT2D eigenvalue weighted by atomic mass is 32.2. The van der Waals surface area contributed by atoms with Crippen LogP contribution in [0.1, 0.15) is 73.8 Å². The molecule has 2 atom stereocenters. The van der Waals surface area contributed by atoms with Crippen LogP contribution < -0.4 is 0 Å². The molecule has 2 N–H and O–H groups in total. The van der Waals surface area contributed by atoms with E-state index < -0.39 is 17.2 Å². The van der Waals surface area contributed by atoms with Gasteiger partial charge in [0.05, 0.1) is 6.42 Å². The van der Waals surface area contributed by atoms with Crippen molar-refractivity contribution in [1.82, 2.24) is 0 Å². The van der Waals surface area contributed by atoms with Gasteiger partial charge in [-0.3, -0.25) is 9.59 Å². The van der Waals surface area contributed by atoms with Crippen molar-refractivity contribution < 1.29 is 19.8 Å². The second kappa shape index (κ2) is 13.9. The average Bonchev–Trinajstić information content (AvgIpc) is 2.75. The number of carbonyl (C=O) groups is 2. The lowest BCUT2D eigenvalue weighted by Gasteiger charge is -2.20. The fraction of sp³-hybridized carbons (Fsp3) is 0.462. The van der Waals surface area contributed by atoms with Gasteiger partial charge in [0, 0.05) is 5.25 Å². The first-order valence-electron chi connectivity index (χ1n) is 11.2. The van der Waals surface area contributed by atoms with Crippen LogP contribution in [0.15, 0.2) is 54.6 Å². The van der Waals surface area contributed by atoms with Crippen LogP contribution in [-0.2, 0) is 22.4 Å². The minimum Gasteiger partial charge on any atom is -0.481 e. The predicted molar refractivity (Wildman–Crippen MR) is 128 cm³/mol. The molecule has 0 bridgehead atoms. The smallest absolute Gasteiger partial charge is 0.316 e. The van der Waals surface area contributed by atoms with E-state index in [0.29, 0.717) is 0 Å². The van der Waals surface area contributed by atoms with E-state index in [2.05, 4.69) is 36.4 Å². The van der Waals surface area contributed by atoms with Crippen LogP contribution in [0.4, 0.5) is 0 Å². The number of benzene rings is 2. The third kappa shape index (κ3) is 9.60. The molecule has 4 nitrogen and oxygen atoms in total. The summed E-state index contributed by atoms with van der Waals surface area (Å²) in [4.78, 5) is 22.6. The molecule has 0 fully saturated rings. The molecule has 5 heteroatoms. The van der Waals surface area contributed by atoms with Crippen molar-refractivity contribution in [3.63, 3.8) is 0 Å². The predicted octanol–water partition coefficient (Wildman–Crippen LogP) is 6.53. The molecule has 2 aromatic rings. The Balaban J connectivity index is 1.78. The number of rotatable bonds is 15. The number of unbranched alkanes of at least 4 members (excludes halogenated alkanes) is 5. The fourth-order valence-corrected chi connectivity index (χ4v) is 4.99. The first-order chi connectivity index (χ1) is 15.0. The maximum atomic E-state index is 11.4. The molecule has 0 amide bonds. The van der Waals surface area contributed by atoms with Crippen molar-refractivity contribution in [2.24, 2.45) is 0 Å². The average molecular weight is 443 g/mol. The van der Waals surface area contributed by atoms with Gasteiger partial charge in [-0.1, -0.05) is 80.3 Å². The zero-order valence-corrected chi connectivity index (χ0v) is 19.2. The third-order valence-corrected chi connectivity index (χ3v) is 6.84. The fourth-order valence-electron chi connectivity index (χ4n) is 3.77. The van der Waals surface area contributed by atoms with E-state index in [0.717, 1.165) is 36.8 Å². The minimum atomic E-state index is -0.912. The summed E-state index contributed by atoms with van der Waals surface area (Å²) in [6.07, 6.45) is 9.11. The summed E-state index contributed by atoms with van der Waals surface area (Å²) >= 11 is 1.22. The van der Waals surface area contributed by atoms with Gasteiger partial charge in [0.15, 0.2) is 0 Å². The van der Waals surface area contributed by atoms with Gasteiger partial charge in [0.25, 0.3) is 0 Å². The van der Waals surface area contributed by atoms with Crippen molar-refractivity contribution in [2.75, 3.05) is 0 Å². The Morgan fingerprint density at radius 3 is 2.03 bits per heavy atom. The molecule has 0 aliphatic carbocycles. The summed E-state index contributed by atoms with van der Waals surface area (Å²) in [5, 5.41) is 17.6. The van der Waals surface area contributed by atoms with E-state index >= 15 is 0 Å². The Bertz CT molecular complexity index is 806. The molecule has 0 radical (unpaired) electrons. The molecule has 0 aliphatic rings. The van der Waals surface area contributed by atoms with Crippen molar-refractivity contribution in [3.8, 4) is 0 Å². The van der Waals surface area contributed by atoms with Crippen LogP contribution in [0.25, 0.3) is 0 Å². The molecule has 31 heavy (non-hydrogen) atoms. The Morgan fingerprint density at radius 2 is 1.39 bits per heavy atom. The lowest BCUT2D eigenvalue weighted by molar-refractivity contribution is -0.138. The van der Waals surface area contributed by atoms with Gasteiger partial charge in [0.2, 0.25) is 0 Å². The van der Waals surface area contributed by atoms with Crippen LogP contribution in [0.3, 0.4) is 0 Å². The van der Waals surface area contributed by atoms with Gasteiger partial charge in [-0.2, -0.15) is 0 Å². The van der Waals surface area contributed by atoms with Crippen LogP contribution in [0, 0.1) is 0 Å². The number of aliphatic carboxylic acids is 2. The quantitative estimate of drug-likeness (QED) is 0.307. The number of aryl methyl sites for hydroxylation is 2. The number of hydrogen-bond acceptors (Lipinski definition) is 3. The maximum Gasteiger partial charge on any atom is 0.316 e. The van der Waals surface area contributed by atoms with Crippen molar-refractivity contribution in [3.05, 3.63) is 71.3 Å². The molecule has 0 aromatic heterocycles. The van der Waals surface area contributed by atoms with Gasteiger partial charge < -0.3 is 10.2 Å². The van der Waals surface area contributed by atoms with Gasteiger partial charge in [-0.25, -0.2) is 0 Å². The Hall–Kier alpha value is -2.27. The SMILES string of the molecule is CC(SC(CC(=O)O)c1ccccc1CCCCCCCCc1ccccc1)C(=O)O. The molecule has 0 heterocycles. The molecule has 2 aromatic carbocycles. The van der Waals surface area contributed by atoms with Gasteiger partial charge in [0.1, 0.15) is 5.25 Å². The summed E-state index contributed by atoms with van der Waals surface area (Å²) in [6.45, 7) is 1.61. The lowest BCUT2D eigenvalue weighted by Crippen LogP contribution is -2.16. The van der Waals surface area contributed by atoms with E-state index in [4.69, 9.17) is 0 Å². The topological polar surface area (TPSA) is 74.6 Å². The van der Waals surface area contributed by atoms with Crippen molar-refractivity contribution >= 4 is 23.7 Å². The standard InChI is InChI=1S/C26H34O4S/c1-20(26(29)30)31-24(19-25(27)28)23-18-12-11-17-22(23)16-10-5-3-2-4-7-13-21-14-8-6-9-15-21/h6,8-9,11-12,14-15,17-18,20,24H,2-5,7,10,13,16,19H2,1H3,(H,27,28)(H,29,30). The highest BCUT2D eigenvalue weighted by molar-refractivity contribution is 8.00. The van der Waals surface area contributed by atoms with E-state index in [-0.39, 0.29) is 11.7 Å². The molecular weight excluding hydrogens is 408 g/mol. The Labute approximate surface area is 190 Å². The third-order valence-electron chi connectivity index (χ3n) is 5.48. The number of carboxylic acids is 2. The molecule has 0 saturated heterocycles. The van der Waals surface area contributed by atoms with Gasteiger partial charge >= 0.3 is 11.9 Å². The van der Waals surface area contributed by atoms with Crippen LogP contribution >= 0.6 is 11.8 Å². The van der Waals surface area contributed by atoms with Crippen molar-refractivity contribution in [2.45, 2.75) is 75.2 Å². The maximum absolute atomic E-state index is 11.4. The van der Waals surface area contributed by atoms with Crippen LogP contribution in [0.5, 0.6) is 0 Å². The molecule has 168 valence electrons. The summed E-state index contributed by atoms with van der Waals surface area (Å²) in [5.41, 5.74) is 3.51. The Kier molecular flexibility index (Phi) is 11.2. The lowest BCUT2D eigenvalue weighted by atomic mass is 9.97. The number of carboxylic acid groups (broad SMARTS) is 2. The van der Waals surface area contributed by atoms with E-state index in [1.807, 2.05) is 18.2 Å². The summed E-state index contributed by atoms with van der Waals surface area (Å²) in [6, 6.07) is 18.5. The van der Waals surface area contributed by atoms with E-state index in [1.54, 1.807) is 6.92 Å². The molecular formula is C26H34O4S. The molecule has 2 rings (SSSR count). The molecule has 0 spiro atoms. The van der Waals surface area contributed by atoms with E-state index in [9.17, 15) is 19.8 Å². The second-order valence-electron chi connectivity index (χ2n) is 8.01. The van der Waals surface area contributed by atoms with Crippen LogP contribution in [-0.4, -0.2) is 27.4 Å². The Morgan fingerprint density at radius 1 is 0.806 bits per heavy atom. The molecule has 0 aliphatic heterocycles. The van der Waals surface area contributed by atoms with Crippen LogP contribution in [0.2, 0.25) is 0 Å². The first-order valence-corrected chi connectivity index (χ1v) is 12.1. The highest BCUT2D eigenvalue weighted by Gasteiger charge is 2.24. The zero-order valence-electron chi connectivity index (χ0n) is 18.3. The monoisotopic (exact) mass is 442 g/mol. The number of hydrogen-bond donors (Lipinski definition) is 2. The second-order valence-corrected chi connectivity index (χ2v) is 9.56. The van der Waals surface area contributed by atoms with Crippen molar-refractivity contribution in [1.29, 1.82) is 0 Å². The zero-order chi connectivity index (χ0) is 22.5. The molecule has 0 saturated carbocycles. The summed E-state index contributed by atoms with van der Waals surface area (Å²) in [7, 11) is 0. The van der Waals surface area contributed by atoms with Gasteiger partial charge in [-0.05, 0) is 49.3 Å². The first kappa shape index (κ1) is 25.0. The largest absolute Gasteiger partial charge is 0.481 e. The summed E-state index contributed by atoms with van der Waals surface area (Å²) < 4.78 is 0. The van der Waals surface area contributed by atoms with E-state index in [1.165, 1.54) is 43.0 Å². The molecule has 2 unspecified atom stereocenters. The summed E-state index contributed by atoms with van der Waals surface area (Å²) in [5.74, 6) is -1.81.